The Hall–Kier alpha value is -2.57. The highest BCUT2D eigenvalue weighted by Gasteiger charge is 2.31. The predicted molar refractivity (Wildman–Crippen MR) is 95.7 cm³/mol. The van der Waals surface area contributed by atoms with Crippen LogP contribution in [0.15, 0.2) is 24.3 Å². The summed E-state index contributed by atoms with van der Waals surface area (Å²) in [5.41, 5.74) is 5.69. The monoisotopic (exact) mass is 362 g/mol. The third-order valence-corrected chi connectivity index (χ3v) is 4.33. The van der Waals surface area contributed by atoms with Crippen molar-refractivity contribution < 1.29 is 23.9 Å². The maximum Gasteiger partial charge on any atom is 0.338 e. The van der Waals surface area contributed by atoms with Gasteiger partial charge in [0.2, 0.25) is 5.91 Å². The van der Waals surface area contributed by atoms with Crippen LogP contribution in [0.2, 0.25) is 0 Å². The molecule has 7 heteroatoms. The molecule has 2 rings (SSSR count). The fraction of sp³-hybridized carbons (Fsp3) is 0.526. The third-order valence-electron chi connectivity index (χ3n) is 4.33. The standard InChI is InChI=1S/C19H26N2O5/c1-2-3-12-25-15-9-7-14(8-10-15)19(24)26-13-17(22)21-11-5-4-6-16(21)18(20)23/h7-10,16H,2-6,11-13H2,1H3,(H2,20,23)/t16-/m0/s1. The normalized spacial score (nSPS) is 16.8. The number of carbonyl (C=O) groups excluding carboxylic acids is 3. The number of carbonyl (C=O) groups is 3. The number of primary amides is 1. The van der Waals surface area contributed by atoms with E-state index in [1.165, 1.54) is 4.90 Å². The van der Waals surface area contributed by atoms with Gasteiger partial charge in [0.1, 0.15) is 11.8 Å². The molecule has 1 aliphatic heterocycles. The highest BCUT2D eigenvalue weighted by Crippen LogP contribution is 2.17. The molecule has 26 heavy (non-hydrogen) atoms. The van der Waals surface area contributed by atoms with Crippen LogP contribution in [-0.4, -0.2) is 48.5 Å². The molecular formula is C19H26N2O5. The smallest absolute Gasteiger partial charge is 0.338 e. The van der Waals surface area contributed by atoms with Gasteiger partial charge in [0, 0.05) is 6.54 Å². The molecule has 1 saturated heterocycles. The number of piperidine rings is 1. The van der Waals surface area contributed by atoms with Gasteiger partial charge in [-0.25, -0.2) is 4.79 Å². The molecule has 1 fully saturated rings. The zero-order valence-corrected chi connectivity index (χ0v) is 15.1. The second kappa shape index (κ2) is 9.79. The Bertz CT molecular complexity index is 629. The lowest BCUT2D eigenvalue weighted by atomic mass is 10.0. The van der Waals surface area contributed by atoms with E-state index < -0.39 is 30.4 Å². The molecular weight excluding hydrogens is 336 g/mol. The van der Waals surface area contributed by atoms with Gasteiger partial charge >= 0.3 is 5.97 Å². The van der Waals surface area contributed by atoms with E-state index in [1.807, 2.05) is 0 Å². The first-order valence-corrected chi connectivity index (χ1v) is 9.01. The number of ether oxygens (including phenoxy) is 2. The molecule has 142 valence electrons. The summed E-state index contributed by atoms with van der Waals surface area (Å²) in [6.45, 7) is 2.76. The Labute approximate surface area is 153 Å². The third kappa shape index (κ3) is 5.47. The second-order valence-corrected chi connectivity index (χ2v) is 6.30. The number of nitrogens with two attached hydrogens (primary N) is 1. The average Bonchev–Trinajstić information content (AvgIpc) is 2.66. The van der Waals surface area contributed by atoms with Crippen molar-refractivity contribution in [1.29, 1.82) is 0 Å². The zero-order valence-electron chi connectivity index (χ0n) is 15.1. The Morgan fingerprint density at radius 3 is 2.58 bits per heavy atom. The molecule has 0 aliphatic carbocycles. The number of hydrogen-bond donors (Lipinski definition) is 1. The quantitative estimate of drug-likeness (QED) is 0.562. The van der Waals surface area contributed by atoms with E-state index in [2.05, 4.69) is 6.92 Å². The van der Waals surface area contributed by atoms with E-state index in [0.717, 1.165) is 25.7 Å². The highest BCUT2D eigenvalue weighted by atomic mass is 16.5. The van der Waals surface area contributed by atoms with Crippen molar-refractivity contribution in [3.05, 3.63) is 29.8 Å². The van der Waals surface area contributed by atoms with E-state index >= 15 is 0 Å². The summed E-state index contributed by atoms with van der Waals surface area (Å²) in [6, 6.07) is 5.97. The van der Waals surface area contributed by atoms with E-state index in [4.69, 9.17) is 15.2 Å². The average molecular weight is 362 g/mol. The minimum Gasteiger partial charge on any atom is -0.494 e. The summed E-state index contributed by atoms with van der Waals surface area (Å²) in [7, 11) is 0. The van der Waals surface area contributed by atoms with Crippen LogP contribution in [0.4, 0.5) is 0 Å². The molecule has 1 atom stereocenters. The van der Waals surface area contributed by atoms with Crippen LogP contribution in [0.25, 0.3) is 0 Å². The fourth-order valence-electron chi connectivity index (χ4n) is 2.84. The molecule has 0 unspecified atom stereocenters. The van der Waals surface area contributed by atoms with Gasteiger partial charge in [-0.1, -0.05) is 13.3 Å². The Morgan fingerprint density at radius 2 is 1.92 bits per heavy atom. The molecule has 1 aromatic rings. The maximum absolute atomic E-state index is 12.3. The van der Waals surface area contributed by atoms with Crippen molar-refractivity contribution in [1.82, 2.24) is 4.90 Å². The van der Waals surface area contributed by atoms with Gasteiger partial charge < -0.3 is 20.1 Å². The number of esters is 1. The van der Waals surface area contributed by atoms with Gasteiger partial charge in [-0.05, 0) is 49.9 Å². The first-order valence-electron chi connectivity index (χ1n) is 9.01. The van der Waals surface area contributed by atoms with Crippen LogP contribution < -0.4 is 10.5 Å². The van der Waals surface area contributed by atoms with Crippen molar-refractivity contribution in [2.75, 3.05) is 19.8 Å². The van der Waals surface area contributed by atoms with E-state index in [1.54, 1.807) is 24.3 Å². The molecule has 7 nitrogen and oxygen atoms in total. The van der Waals surface area contributed by atoms with Gasteiger partial charge in [0.05, 0.1) is 12.2 Å². The van der Waals surface area contributed by atoms with Crippen molar-refractivity contribution >= 4 is 17.8 Å². The summed E-state index contributed by atoms with van der Waals surface area (Å²) in [5, 5.41) is 0. The lowest BCUT2D eigenvalue weighted by Crippen LogP contribution is -2.51. The number of hydrogen-bond acceptors (Lipinski definition) is 5. The number of likely N-dealkylation sites (tertiary alicyclic amines) is 1. The van der Waals surface area contributed by atoms with Gasteiger partial charge in [-0.3, -0.25) is 9.59 Å². The number of amides is 2. The van der Waals surface area contributed by atoms with Gasteiger partial charge in [-0.2, -0.15) is 0 Å². The minimum atomic E-state index is -0.616. The van der Waals surface area contributed by atoms with Gasteiger partial charge in [0.15, 0.2) is 6.61 Å². The zero-order chi connectivity index (χ0) is 18.9. The number of rotatable bonds is 8. The van der Waals surface area contributed by atoms with Crippen LogP contribution in [0.5, 0.6) is 5.75 Å². The van der Waals surface area contributed by atoms with Gasteiger partial charge in [-0.15, -0.1) is 0 Å². The molecule has 1 heterocycles. The van der Waals surface area contributed by atoms with E-state index in [-0.39, 0.29) is 0 Å². The maximum atomic E-state index is 12.3. The Balaban J connectivity index is 1.85. The van der Waals surface area contributed by atoms with Crippen LogP contribution in [0.1, 0.15) is 49.4 Å². The fourth-order valence-corrected chi connectivity index (χ4v) is 2.84. The number of unbranched alkanes of at least 4 members (excludes halogenated alkanes) is 1. The lowest BCUT2D eigenvalue weighted by molar-refractivity contribution is -0.143. The number of benzene rings is 1. The molecule has 2 N–H and O–H groups in total. The van der Waals surface area contributed by atoms with Gasteiger partial charge in [0.25, 0.3) is 5.91 Å². The predicted octanol–water partition coefficient (Wildman–Crippen LogP) is 1.89. The summed E-state index contributed by atoms with van der Waals surface area (Å²) >= 11 is 0. The molecule has 1 aromatic carbocycles. The summed E-state index contributed by atoms with van der Waals surface area (Å²) in [4.78, 5) is 37.2. The number of nitrogens with zero attached hydrogens (tertiary/aromatic N) is 1. The molecule has 0 radical (unpaired) electrons. The first-order chi connectivity index (χ1) is 12.5. The summed E-state index contributed by atoms with van der Waals surface area (Å²) in [5.74, 6) is -0.834. The largest absolute Gasteiger partial charge is 0.494 e. The molecule has 0 spiro atoms. The van der Waals surface area contributed by atoms with E-state index in [0.29, 0.717) is 30.9 Å². The van der Waals surface area contributed by atoms with Crippen molar-refractivity contribution in [2.45, 2.75) is 45.1 Å². The van der Waals surface area contributed by atoms with Crippen LogP contribution in [0.3, 0.4) is 0 Å². The summed E-state index contributed by atoms with van der Waals surface area (Å²) < 4.78 is 10.6. The van der Waals surface area contributed by atoms with Crippen molar-refractivity contribution in [3.63, 3.8) is 0 Å². The van der Waals surface area contributed by atoms with Crippen LogP contribution in [0, 0.1) is 0 Å². The lowest BCUT2D eigenvalue weighted by Gasteiger charge is -2.33. The molecule has 0 saturated carbocycles. The van der Waals surface area contributed by atoms with Crippen molar-refractivity contribution in [2.24, 2.45) is 5.73 Å². The van der Waals surface area contributed by atoms with E-state index in [9.17, 15) is 14.4 Å². The Kier molecular flexibility index (Phi) is 7.44. The molecule has 2 amide bonds. The van der Waals surface area contributed by atoms with Crippen LogP contribution >= 0.6 is 0 Å². The second-order valence-electron chi connectivity index (χ2n) is 6.30. The van der Waals surface area contributed by atoms with Crippen LogP contribution in [-0.2, 0) is 14.3 Å². The van der Waals surface area contributed by atoms with Crippen molar-refractivity contribution in [3.8, 4) is 5.75 Å². The molecule has 0 aromatic heterocycles. The highest BCUT2D eigenvalue weighted by molar-refractivity contribution is 5.92. The molecule has 0 bridgehead atoms. The minimum absolute atomic E-state index is 0.339. The summed E-state index contributed by atoms with van der Waals surface area (Å²) in [6.07, 6.45) is 4.22. The SMILES string of the molecule is CCCCOc1ccc(C(=O)OCC(=O)N2CCCC[C@H]2C(N)=O)cc1. The topological polar surface area (TPSA) is 98.9 Å². The Morgan fingerprint density at radius 1 is 1.19 bits per heavy atom. The molecule has 1 aliphatic rings. The first kappa shape index (κ1) is 19.8.